The van der Waals surface area contributed by atoms with Gasteiger partial charge < -0.3 is 10.1 Å². The largest absolute Gasteiger partial charge is 0.458 e. The number of carbonyl (C=O) groups excluding carboxylic acids is 1. The lowest BCUT2D eigenvalue weighted by molar-refractivity contribution is -0.421. The Morgan fingerprint density at radius 2 is 2.19 bits per heavy atom. The second-order valence-corrected chi connectivity index (χ2v) is 4.03. The van der Waals surface area contributed by atoms with Crippen molar-refractivity contribution in [1.29, 1.82) is 0 Å². The number of benzene rings is 1. The predicted molar refractivity (Wildman–Crippen MR) is 77.1 cm³/mol. The van der Waals surface area contributed by atoms with E-state index in [1.165, 1.54) is 0 Å². The summed E-state index contributed by atoms with van der Waals surface area (Å²) in [5.74, 6) is -0.563. The summed E-state index contributed by atoms with van der Waals surface area (Å²) in [4.78, 5) is 25.7. The van der Waals surface area contributed by atoms with Crippen LogP contribution in [-0.4, -0.2) is 22.5 Å². The molecule has 21 heavy (non-hydrogen) atoms. The van der Waals surface area contributed by atoms with Gasteiger partial charge in [-0.2, -0.15) is 0 Å². The summed E-state index contributed by atoms with van der Waals surface area (Å²) < 4.78 is 4.63. The van der Waals surface area contributed by atoms with E-state index in [1.54, 1.807) is 13.1 Å². The molecule has 0 atom stereocenters. The van der Waals surface area contributed by atoms with Gasteiger partial charge in [0.05, 0.1) is 17.7 Å². The summed E-state index contributed by atoms with van der Waals surface area (Å²) in [7, 11) is 0. The number of pyridine rings is 1. The minimum atomic E-state index is -0.991. The molecule has 0 unspecified atom stereocenters. The van der Waals surface area contributed by atoms with Crippen LogP contribution in [0.1, 0.15) is 6.92 Å². The van der Waals surface area contributed by atoms with Gasteiger partial charge in [-0.3, -0.25) is 10.1 Å². The number of aromatic nitrogens is 1. The van der Waals surface area contributed by atoms with Gasteiger partial charge in [0.1, 0.15) is 5.82 Å². The Labute approximate surface area is 120 Å². The Morgan fingerprint density at radius 1 is 1.43 bits per heavy atom. The highest BCUT2D eigenvalue weighted by Crippen LogP contribution is 2.20. The van der Waals surface area contributed by atoms with E-state index < -0.39 is 16.6 Å². The zero-order valence-corrected chi connectivity index (χ0v) is 11.3. The molecule has 0 amide bonds. The van der Waals surface area contributed by atoms with Crippen molar-refractivity contribution in [3.05, 3.63) is 58.5 Å². The van der Waals surface area contributed by atoms with Crippen molar-refractivity contribution in [3.8, 4) is 0 Å². The van der Waals surface area contributed by atoms with Crippen LogP contribution >= 0.6 is 0 Å². The number of esters is 1. The normalized spacial score (nSPS) is 11.2. The van der Waals surface area contributed by atoms with Gasteiger partial charge in [-0.15, -0.1) is 0 Å². The van der Waals surface area contributed by atoms with Crippen molar-refractivity contribution in [3.63, 3.8) is 0 Å². The van der Waals surface area contributed by atoms with Crippen LogP contribution in [0.3, 0.4) is 0 Å². The summed E-state index contributed by atoms with van der Waals surface area (Å²) in [5, 5.41) is 15.3. The molecule has 1 N–H and O–H groups in total. The van der Waals surface area contributed by atoms with Crippen molar-refractivity contribution in [2.24, 2.45) is 0 Å². The molecule has 0 bridgehead atoms. The second kappa shape index (κ2) is 6.47. The number of carbonyl (C=O) groups is 1. The third-order valence-corrected chi connectivity index (χ3v) is 2.70. The number of nitrogens with zero attached hydrogens (tertiary/aromatic N) is 2. The Morgan fingerprint density at radius 3 is 2.90 bits per heavy atom. The standard InChI is InChI=1S/C14H13N3O4/c1-2-21-14(18)12(17(19)20)9-16-13-11-6-4-3-5-10(11)7-8-15-13/h3-9H,2H2,1H3,(H,15,16)/b12-9-. The first-order chi connectivity index (χ1) is 10.1. The molecule has 0 aliphatic carbocycles. The number of rotatable bonds is 5. The van der Waals surface area contributed by atoms with Crippen LogP contribution in [0, 0.1) is 10.1 Å². The lowest BCUT2D eigenvalue weighted by Gasteiger charge is -2.05. The van der Waals surface area contributed by atoms with Gasteiger partial charge in [0.25, 0.3) is 0 Å². The quantitative estimate of drug-likeness (QED) is 0.392. The lowest BCUT2D eigenvalue weighted by Crippen LogP contribution is -2.16. The second-order valence-electron chi connectivity index (χ2n) is 4.03. The van der Waals surface area contributed by atoms with Crippen LogP contribution in [0.5, 0.6) is 0 Å². The Bertz CT molecular complexity index is 707. The maximum Gasteiger partial charge on any atom is 0.411 e. The first kappa shape index (κ1) is 14.4. The number of hydrogen-bond donors (Lipinski definition) is 1. The summed E-state index contributed by atoms with van der Waals surface area (Å²) in [6.45, 7) is 1.64. The molecule has 2 rings (SSSR count). The third-order valence-electron chi connectivity index (χ3n) is 2.70. The fraction of sp³-hybridized carbons (Fsp3) is 0.143. The summed E-state index contributed by atoms with van der Waals surface area (Å²) in [6.07, 6.45) is 2.57. The minimum Gasteiger partial charge on any atom is -0.458 e. The Balaban J connectivity index is 2.32. The highest BCUT2D eigenvalue weighted by Gasteiger charge is 2.23. The Hall–Kier alpha value is -2.96. The van der Waals surface area contributed by atoms with Gasteiger partial charge >= 0.3 is 11.7 Å². The highest BCUT2D eigenvalue weighted by atomic mass is 16.6. The molecule has 0 aliphatic heterocycles. The van der Waals surface area contributed by atoms with Crippen molar-refractivity contribution < 1.29 is 14.5 Å². The molecule has 0 fully saturated rings. The molecule has 2 aromatic rings. The monoisotopic (exact) mass is 287 g/mol. The molecule has 1 aromatic heterocycles. The predicted octanol–water partition coefficient (Wildman–Crippen LogP) is 2.33. The number of ether oxygens (including phenoxy) is 1. The van der Waals surface area contributed by atoms with Gasteiger partial charge in [-0.1, -0.05) is 24.3 Å². The zero-order valence-electron chi connectivity index (χ0n) is 11.3. The molecule has 0 radical (unpaired) electrons. The molecular weight excluding hydrogens is 274 g/mol. The molecule has 108 valence electrons. The first-order valence-corrected chi connectivity index (χ1v) is 6.25. The van der Waals surface area contributed by atoms with Crippen LogP contribution in [0.2, 0.25) is 0 Å². The summed E-state index contributed by atoms with van der Waals surface area (Å²) in [6, 6.07) is 9.26. The van der Waals surface area contributed by atoms with E-state index >= 15 is 0 Å². The van der Waals surface area contributed by atoms with Gasteiger partial charge in [-0.25, -0.2) is 9.78 Å². The first-order valence-electron chi connectivity index (χ1n) is 6.25. The number of hydrogen-bond acceptors (Lipinski definition) is 6. The molecule has 0 saturated carbocycles. The van der Waals surface area contributed by atoms with Crippen LogP contribution in [0.15, 0.2) is 48.4 Å². The van der Waals surface area contributed by atoms with Crippen LogP contribution in [-0.2, 0) is 9.53 Å². The fourth-order valence-electron chi connectivity index (χ4n) is 1.76. The topological polar surface area (TPSA) is 94.4 Å². The maximum absolute atomic E-state index is 11.5. The van der Waals surface area contributed by atoms with Gasteiger partial charge in [-0.05, 0) is 18.4 Å². The molecule has 1 heterocycles. The van der Waals surface area contributed by atoms with E-state index in [2.05, 4.69) is 15.0 Å². The molecule has 7 heteroatoms. The van der Waals surface area contributed by atoms with Crippen LogP contribution < -0.4 is 5.32 Å². The fourth-order valence-corrected chi connectivity index (χ4v) is 1.76. The van der Waals surface area contributed by atoms with Crippen LogP contribution in [0.25, 0.3) is 10.8 Å². The average Bonchev–Trinajstić information content (AvgIpc) is 2.47. The van der Waals surface area contributed by atoms with Gasteiger partial charge in [0.15, 0.2) is 0 Å². The molecule has 0 aliphatic rings. The van der Waals surface area contributed by atoms with E-state index in [0.717, 1.165) is 17.0 Å². The summed E-state index contributed by atoms with van der Waals surface area (Å²) in [5.41, 5.74) is -0.674. The van der Waals surface area contributed by atoms with E-state index in [1.807, 2.05) is 30.3 Å². The molecular formula is C14H13N3O4. The average molecular weight is 287 g/mol. The summed E-state index contributed by atoms with van der Waals surface area (Å²) >= 11 is 0. The molecule has 0 saturated heterocycles. The number of nitro groups is 1. The molecule has 1 aromatic carbocycles. The van der Waals surface area contributed by atoms with E-state index in [9.17, 15) is 14.9 Å². The third kappa shape index (κ3) is 3.33. The number of nitrogens with one attached hydrogen (secondary N) is 1. The van der Waals surface area contributed by atoms with Gasteiger partial charge in [0.2, 0.25) is 0 Å². The zero-order chi connectivity index (χ0) is 15.2. The minimum absolute atomic E-state index is 0.0660. The van der Waals surface area contributed by atoms with Crippen molar-refractivity contribution in [1.82, 2.24) is 4.98 Å². The van der Waals surface area contributed by atoms with Gasteiger partial charge in [0, 0.05) is 11.6 Å². The smallest absolute Gasteiger partial charge is 0.411 e. The SMILES string of the molecule is CCOC(=O)/C(=C/Nc1nccc2ccccc12)[N+](=O)[O-]. The number of fused-ring (bicyclic) bond motifs is 1. The van der Waals surface area contributed by atoms with Crippen LogP contribution in [0.4, 0.5) is 5.82 Å². The number of anilines is 1. The maximum atomic E-state index is 11.5. The Kier molecular flexibility index (Phi) is 4.45. The molecule has 7 nitrogen and oxygen atoms in total. The van der Waals surface area contributed by atoms with E-state index in [0.29, 0.717) is 5.82 Å². The van der Waals surface area contributed by atoms with E-state index in [4.69, 9.17) is 0 Å². The van der Waals surface area contributed by atoms with Crippen molar-refractivity contribution in [2.45, 2.75) is 6.92 Å². The van der Waals surface area contributed by atoms with Crippen molar-refractivity contribution in [2.75, 3.05) is 11.9 Å². The molecule has 0 spiro atoms. The van der Waals surface area contributed by atoms with E-state index in [-0.39, 0.29) is 6.61 Å². The highest BCUT2D eigenvalue weighted by molar-refractivity contribution is 5.92. The lowest BCUT2D eigenvalue weighted by atomic mass is 10.1. The van der Waals surface area contributed by atoms with Crippen molar-refractivity contribution >= 4 is 22.6 Å².